The molecule has 1 aromatic rings. The Morgan fingerprint density at radius 1 is 1.15 bits per heavy atom. The summed E-state index contributed by atoms with van der Waals surface area (Å²) in [5.74, 6) is -0.471. The van der Waals surface area contributed by atoms with Crippen molar-refractivity contribution in [1.82, 2.24) is 5.32 Å². The molecule has 1 aliphatic rings. The summed E-state index contributed by atoms with van der Waals surface area (Å²) in [7, 11) is -1.85. The van der Waals surface area contributed by atoms with Gasteiger partial charge in [0.2, 0.25) is 5.91 Å². The fourth-order valence-corrected chi connectivity index (χ4v) is 7.19. The van der Waals surface area contributed by atoms with Gasteiger partial charge in [-0.3, -0.25) is 9.59 Å². The first-order valence-corrected chi connectivity index (χ1v) is 12.9. The van der Waals surface area contributed by atoms with Crippen LogP contribution in [0.15, 0.2) is 30.3 Å². The normalized spacial score (nSPS) is 22.0. The zero-order valence-electron chi connectivity index (χ0n) is 17.3. The maximum atomic E-state index is 12.5. The van der Waals surface area contributed by atoms with Gasteiger partial charge in [-0.25, -0.2) is 0 Å². The molecule has 0 aliphatic carbocycles. The third kappa shape index (κ3) is 5.91. The summed E-state index contributed by atoms with van der Waals surface area (Å²) in [6.45, 7) is 12.8. The molecule has 0 radical (unpaired) electrons. The molecule has 2 rings (SSSR count). The molecule has 1 saturated heterocycles. The van der Waals surface area contributed by atoms with Crippen LogP contribution in [0.5, 0.6) is 0 Å². The summed E-state index contributed by atoms with van der Waals surface area (Å²) < 4.78 is 11.8. The quantitative estimate of drug-likeness (QED) is 0.396. The van der Waals surface area contributed by atoms with Crippen molar-refractivity contribution in [3.63, 3.8) is 0 Å². The van der Waals surface area contributed by atoms with Gasteiger partial charge in [-0.1, -0.05) is 44.2 Å². The predicted octanol–water partition coefficient (Wildman–Crippen LogP) is 3.75. The number of rotatable bonds is 9. The molecular formula is C21H33NO4Si. The van der Waals surface area contributed by atoms with E-state index >= 15 is 0 Å². The number of hydrogen-bond donors (Lipinski definition) is 1. The monoisotopic (exact) mass is 391 g/mol. The highest BCUT2D eigenvalue weighted by atomic mass is 28.4. The highest BCUT2D eigenvalue weighted by molar-refractivity contribution is 6.71. The van der Waals surface area contributed by atoms with Crippen molar-refractivity contribution in [3.05, 3.63) is 35.9 Å². The van der Waals surface area contributed by atoms with Crippen molar-refractivity contribution in [2.75, 3.05) is 0 Å². The fraction of sp³-hybridized carbons (Fsp3) is 0.619. The van der Waals surface area contributed by atoms with Crippen LogP contribution in [0.4, 0.5) is 0 Å². The van der Waals surface area contributed by atoms with E-state index in [0.717, 1.165) is 11.6 Å². The van der Waals surface area contributed by atoms with Gasteiger partial charge in [-0.2, -0.15) is 0 Å². The van der Waals surface area contributed by atoms with Crippen LogP contribution in [0.1, 0.15) is 33.3 Å². The minimum absolute atomic E-state index is 0.0374. The van der Waals surface area contributed by atoms with Crippen LogP contribution >= 0.6 is 0 Å². The Bertz CT molecular complexity index is 647. The van der Waals surface area contributed by atoms with Gasteiger partial charge in [0.25, 0.3) is 0 Å². The largest absolute Gasteiger partial charge is 0.461 e. The van der Waals surface area contributed by atoms with Crippen LogP contribution in [-0.4, -0.2) is 32.3 Å². The number of carbonyl (C=O) groups excluding carboxylic acids is 2. The van der Waals surface area contributed by atoms with Crippen LogP contribution in [0, 0.1) is 17.8 Å². The first kappa shape index (κ1) is 21.6. The fourth-order valence-electron chi connectivity index (χ4n) is 3.97. The van der Waals surface area contributed by atoms with E-state index in [1.54, 1.807) is 0 Å². The minimum Gasteiger partial charge on any atom is -0.461 e. The average Bonchev–Trinajstić information content (AvgIpc) is 2.55. The summed E-state index contributed by atoms with van der Waals surface area (Å²) in [5.41, 5.74) is 0.949. The Morgan fingerprint density at radius 3 is 2.33 bits per heavy atom. The summed E-state index contributed by atoms with van der Waals surface area (Å²) in [4.78, 5) is 24.6. The average molecular weight is 392 g/mol. The van der Waals surface area contributed by atoms with Gasteiger partial charge in [-0.05, 0) is 44.5 Å². The van der Waals surface area contributed by atoms with Crippen molar-refractivity contribution in [2.24, 2.45) is 17.8 Å². The lowest BCUT2D eigenvalue weighted by Gasteiger charge is -2.44. The molecule has 1 aromatic carbocycles. The molecule has 0 bridgehead atoms. The van der Waals surface area contributed by atoms with Gasteiger partial charge in [-0.15, -0.1) is 0 Å². The summed E-state index contributed by atoms with van der Waals surface area (Å²) in [6, 6.07) is 10.4. The summed E-state index contributed by atoms with van der Waals surface area (Å²) in [6.07, 6.45) is -0.200. The molecule has 1 N–H and O–H groups in total. The molecule has 1 fully saturated rings. The van der Waals surface area contributed by atoms with E-state index in [0.29, 0.717) is 5.92 Å². The molecule has 1 aliphatic heterocycles. The minimum atomic E-state index is -1.85. The van der Waals surface area contributed by atoms with Crippen LogP contribution in [0.3, 0.4) is 0 Å². The van der Waals surface area contributed by atoms with Crippen LogP contribution in [-0.2, 0) is 25.4 Å². The van der Waals surface area contributed by atoms with Crippen molar-refractivity contribution in [2.45, 2.75) is 65.6 Å². The Hall–Kier alpha value is -1.66. The number of hydrogen-bond acceptors (Lipinski definition) is 4. The SMILES string of the molecule is CC(C)C[Si](C)(C)OC(C)C1C(=O)NC1C(C)C(=O)OCc1ccccc1. The maximum absolute atomic E-state index is 12.5. The van der Waals surface area contributed by atoms with E-state index in [1.165, 1.54) is 0 Å². The Morgan fingerprint density at radius 2 is 1.78 bits per heavy atom. The molecule has 0 aromatic heterocycles. The van der Waals surface area contributed by atoms with Crippen molar-refractivity contribution in [1.29, 1.82) is 0 Å². The molecule has 5 nitrogen and oxygen atoms in total. The first-order chi connectivity index (χ1) is 12.6. The zero-order chi connectivity index (χ0) is 20.2. The van der Waals surface area contributed by atoms with Gasteiger partial charge in [0.15, 0.2) is 8.32 Å². The van der Waals surface area contributed by atoms with Crippen LogP contribution in [0.25, 0.3) is 0 Å². The molecular weight excluding hydrogens is 358 g/mol. The second-order valence-corrected chi connectivity index (χ2v) is 12.8. The molecule has 0 saturated carbocycles. The van der Waals surface area contributed by atoms with Crippen LogP contribution < -0.4 is 5.32 Å². The lowest BCUT2D eigenvalue weighted by Crippen LogP contribution is -2.66. The topological polar surface area (TPSA) is 64.6 Å². The van der Waals surface area contributed by atoms with Gasteiger partial charge in [0, 0.05) is 0 Å². The zero-order valence-corrected chi connectivity index (χ0v) is 18.3. The van der Waals surface area contributed by atoms with E-state index < -0.39 is 14.2 Å². The second-order valence-electron chi connectivity index (χ2n) is 8.62. The lowest BCUT2D eigenvalue weighted by atomic mass is 9.79. The number of esters is 1. The Kier molecular flexibility index (Phi) is 7.23. The third-order valence-electron chi connectivity index (χ3n) is 5.04. The molecule has 1 heterocycles. The standard InChI is InChI=1S/C21H33NO4Si/c1-14(2)13-27(5,6)26-16(4)18-19(22-20(18)23)15(3)21(24)25-12-17-10-8-7-9-11-17/h7-11,14-16,18-19H,12-13H2,1-6H3,(H,22,23). The molecule has 1 amide bonds. The van der Waals surface area contributed by atoms with Gasteiger partial charge in [0.1, 0.15) is 6.61 Å². The van der Waals surface area contributed by atoms with E-state index in [-0.39, 0.29) is 36.5 Å². The van der Waals surface area contributed by atoms with E-state index in [2.05, 4.69) is 32.3 Å². The number of carbonyl (C=O) groups is 2. The van der Waals surface area contributed by atoms with E-state index in [4.69, 9.17) is 9.16 Å². The van der Waals surface area contributed by atoms with Gasteiger partial charge >= 0.3 is 5.97 Å². The Balaban J connectivity index is 1.92. The molecule has 4 unspecified atom stereocenters. The number of nitrogens with one attached hydrogen (secondary N) is 1. The van der Waals surface area contributed by atoms with Crippen molar-refractivity contribution < 1.29 is 18.8 Å². The number of β-lactam (4-membered cyclic amide) rings is 1. The van der Waals surface area contributed by atoms with E-state index in [1.807, 2.05) is 44.2 Å². The molecule has 27 heavy (non-hydrogen) atoms. The maximum Gasteiger partial charge on any atom is 0.311 e. The Labute approximate surface area is 164 Å². The van der Waals surface area contributed by atoms with E-state index in [9.17, 15) is 9.59 Å². The highest BCUT2D eigenvalue weighted by Gasteiger charge is 2.49. The van der Waals surface area contributed by atoms with Crippen molar-refractivity contribution in [3.8, 4) is 0 Å². The smallest absolute Gasteiger partial charge is 0.311 e. The number of benzene rings is 1. The summed E-state index contributed by atoms with van der Waals surface area (Å²) >= 11 is 0. The highest BCUT2D eigenvalue weighted by Crippen LogP contribution is 2.31. The van der Waals surface area contributed by atoms with Gasteiger partial charge in [0.05, 0.1) is 24.0 Å². The predicted molar refractivity (Wildman–Crippen MR) is 108 cm³/mol. The molecule has 6 heteroatoms. The summed E-state index contributed by atoms with van der Waals surface area (Å²) in [5, 5.41) is 2.87. The lowest BCUT2D eigenvalue weighted by molar-refractivity contribution is -0.156. The first-order valence-electron chi connectivity index (χ1n) is 9.79. The molecule has 150 valence electrons. The van der Waals surface area contributed by atoms with Gasteiger partial charge < -0.3 is 14.5 Å². The third-order valence-corrected chi connectivity index (χ3v) is 7.85. The second kappa shape index (κ2) is 9.02. The number of ether oxygens (including phenoxy) is 1. The van der Waals surface area contributed by atoms with Crippen molar-refractivity contribution >= 4 is 20.2 Å². The molecule has 4 atom stereocenters. The molecule has 0 spiro atoms. The van der Waals surface area contributed by atoms with Crippen LogP contribution in [0.2, 0.25) is 19.1 Å². The number of amides is 1.